The van der Waals surface area contributed by atoms with Crippen molar-refractivity contribution in [2.75, 3.05) is 26.2 Å². The maximum Gasteiger partial charge on any atom is 0.305 e. The summed E-state index contributed by atoms with van der Waals surface area (Å²) in [6.45, 7) is 6.57. The molecule has 1 heterocycles. The van der Waals surface area contributed by atoms with Crippen molar-refractivity contribution in [2.45, 2.75) is 32.2 Å². The molecule has 0 aromatic heterocycles. The number of hydrogen-bond donors (Lipinski definition) is 4. The van der Waals surface area contributed by atoms with Crippen LogP contribution in [0.15, 0.2) is 0 Å². The standard InChI is InChI=1S/C12H23N3O3/c1-9(2)6-14-10(16)3-4-15-12(5-11(17)18)7-13-8-12/h9,13,15H,3-8H2,1-2H3,(H,14,16)(H,17,18). The fraction of sp³-hybridized carbons (Fsp3) is 0.833. The fourth-order valence-electron chi connectivity index (χ4n) is 1.88. The number of aliphatic carboxylic acids is 1. The molecule has 0 aromatic carbocycles. The zero-order chi connectivity index (χ0) is 13.6. The first-order chi connectivity index (χ1) is 8.43. The van der Waals surface area contributed by atoms with E-state index in [1.165, 1.54) is 0 Å². The van der Waals surface area contributed by atoms with Gasteiger partial charge in [-0.1, -0.05) is 13.8 Å². The molecule has 0 saturated carbocycles. The van der Waals surface area contributed by atoms with E-state index in [2.05, 4.69) is 16.0 Å². The second-order valence-electron chi connectivity index (χ2n) is 5.33. The van der Waals surface area contributed by atoms with Crippen molar-refractivity contribution in [2.24, 2.45) is 5.92 Å². The second kappa shape index (κ2) is 6.70. The predicted molar refractivity (Wildman–Crippen MR) is 68.3 cm³/mol. The minimum absolute atomic E-state index is 0.00829. The lowest BCUT2D eigenvalue weighted by atomic mass is 9.88. The molecule has 0 radical (unpaired) electrons. The molecule has 6 nitrogen and oxygen atoms in total. The summed E-state index contributed by atoms with van der Waals surface area (Å²) in [5.41, 5.74) is -0.371. The van der Waals surface area contributed by atoms with Crippen LogP contribution in [0.25, 0.3) is 0 Å². The highest BCUT2D eigenvalue weighted by molar-refractivity contribution is 5.76. The van der Waals surface area contributed by atoms with E-state index < -0.39 is 5.97 Å². The monoisotopic (exact) mass is 257 g/mol. The van der Waals surface area contributed by atoms with Crippen LogP contribution in [0, 0.1) is 5.92 Å². The maximum atomic E-state index is 11.5. The molecule has 18 heavy (non-hydrogen) atoms. The van der Waals surface area contributed by atoms with Gasteiger partial charge in [-0.25, -0.2) is 0 Å². The molecule has 0 aliphatic carbocycles. The summed E-state index contributed by atoms with van der Waals surface area (Å²) in [5.74, 6) is -0.363. The highest BCUT2D eigenvalue weighted by Crippen LogP contribution is 2.15. The Hall–Kier alpha value is -1.14. The molecule has 0 aromatic rings. The van der Waals surface area contributed by atoms with E-state index in [9.17, 15) is 9.59 Å². The Labute approximate surface area is 108 Å². The van der Waals surface area contributed by atoms with Crippen LogP contribution >= 0.6 is 0 Å². The first kappa shape index (κ1) is 14.9. The predicted octanol–water partition coefficient (Wildman–Crippen LogP) is -0.445. The smallest absolute Gasteiger partial charge is 0.305 e. The van der Waals surface area contributed by atoms with Crippen molar-refractivity contribution in [1.82, 2.24) is 16.0 Å². The highest BCUT2D eigenvalue weighted by Gasteiger charge is 2.38. The van der Waals surface area contributed by atoms with Crippen LogP contribution in [0.3, 0.4) is 0 Å². The van der Waals surface area contributed by atoms with Gasteiger partial charge in [0.1, 0.15) is 0 Å². The molecule has 0 spiro atoms. The van der Waals surface area contributed by atoms with E-state index >= 15 is 0 Å². The zero-order valence-corrected chi connectivity index (χ0v) is 11.1. The topological polar surface area (TPSA) is 90.5 Å². The molecule has 1 saturated heterocycles. The molecule has 4 N–H and O–H groups in total. The number of amides is 1. The van der Waals surface area contributed by atoms with Crippen LogP contribution in [-0.2, 0) is 9.59 Å². The third-order valence-corrected chi connectivity index (χ3v) is 2.98. The van der Waals surface area contributed by atoms with Gasteiger partial charge in [-0.15, -0.1) is 0 Å². The lowest BCUT2D eigenvalue weighted by Crippen LogP contribution is -2.68. The van der Waals surface area contributed by atoms with Gasteiger partial charge in [0.2, 0.25) is 5.91 Å². The second-order valence-corrected chi connectivity index (χ2v) is 5.33. The van der Waals surface area contributed by atoms with Gasteiger partial charge in [0.25, 0.3) is 0 Å². The Morgan fingerprint density at radius 1 is 1.39 bits per heavy atom. The molecule has 104 valence electrons. The van der Waals surface area contributed by atoms with Crippen molar-refractivity contribution in [3.63, 3.8) is 0 Å². The Kier molecular flexibility index (Phi) is 5.55. The van der Waals surface area contributed by atoms with Crippen molar-refractivity contribution < 1.29 is 14.7 Å². The number of rotatable bonds is 8. The molecule has 0 atom stereocenters. The summed E-state index contributed by atoms with van der Waals surface area (Å²) >= 11 is 0. The molecular formula is C12H23N3O3. The van der Waals surface area contributed by atoms with Gasteiger partial charge in [-0.05, 0) is 5.92 Å². The van der Waals surface area contributed by atoms with E-state index in [1.807, 2.05) is 13.8 Å². The Bertz CT molecular complexity index is 301. The Morgan fingerprint density at radius 3 is 2.50 bits per heavy atom. The first-order valence-corrected chi connectivity index (χ1v) is 6.38. The lowest BCUT2D eigenvalue weighted by Gasteiger charge is -2.42. The van der Waals surface area contributed by atoms with Crippen LogP contribution in [0.5, 0.6) is 0 Å². The first-order valence-electron chi connectivity index (χ1n) is 6.38. The largest absolute Gasteiger partial charge is 0.481 e. The highest BCUT2D eigenvalue weighted by atomic mass is 16.4. The summed E-state index contributed by atoms with van der Waals surface area (Å²) < 4.78 is 0. The van der Waals surface area contributed by atoms with Crippen molar-refractivity contribution in [3.05, 3.63) is 0 Å². The molecule has 0 unspecified atom stereocenters. The number of carboxylic acids is 1. The van der Waals surface area contributed by atoms with Gasteiger partial charge in [0.05, 0.1) is 12.0 Å². The number of carbonyl (C=O) groups is 2. The summed E-state index contributed by atoms with van der Waals surface area (Å²) in [6.07, 6.45) is 0.474. The lowest BCUT2D eigenvalue weighted by molar-refractivity contribution is -0.139. The van der Waals surface area contributed by atoms with Crippen molar-refractivity contribution >= 4 is 11.9 Å². The van der Waals surface area contributed by atoms with E-state index in [0.717, 1.165) is 0 Å². The number of hydrogen-bond acceptors (Lipinski definition) is 4. The molecule has 6 heteroatoms. The van der Waals surface area contributed by atoms with Crippen LogP contribution < -0.4 is 16.0 Å². The normalized spacial score (nSPS) is 17.3. The average molecular weight is 257 g/mol. The molecular weight excluding hydrogens is 234 g/mol. The van der Waals surface area contributed by atoms with Gasteiger partial charge in [-0.3, -0.25) is 9.59 Å². The van der Waals surface area contributed by atoms with Gasteiger partial charge in [0.15, 0.2) is 0 Å². The zero-order valence-electron chi connectivity index (χ0n) is 11.1. The molecule has 1 amide bonds. The number of nitrogens with one attached hydrogen (secondary N) is 3. The molecule has 1 aliphatic rings. The average Bonchev–Trinajstić information content (AvgIpc) is 2.22. The summed E-state index contributed by atoms with van der Waals surface area (Å²) in [6, 6.07) is 0. The third-order valence-electron chi connectivity index (χ3n) is 2.98. The van der Waals surface area contributed by atoms with Gasteiger partial charge in [-0.2, -0.15) is 0 Å². The summed E-state index contributed by atoms with van der Waals surface area (Å²) in [5, 5.41) is 17.9. The van der Waals surface area contributed by atoms with E-state index in [-0.39, 0.29) is 17.9 Å². The van der Waals surface area contributed by atoms with Crippen LogP contribution in [0.2, 0.25) is 0 Å². The van der Waals surface area contributed by atoms with Crippen LogP contribution in [-0.4, -0.2) is 48.7 Å². The van der Waals surface area contributed by atoms with Crippen molar-refractivity contribution in [3.8, 4) is 0 Å². The summed E-state index contributed by atoms with van der Waals surface area (Å²) in [7, 11) is 0. The number of carbonyl (C=O) groups excluding carboxylic acids is 1. The van der Waals surface area contributed by atoms with Crippen molar-refractivity contribution in [1.29, 1.82) is 0 Å². The molecule has 1 fully saturated rings. The molecule has 0 bridgehead atoms. The SMILES string of the molecule is CC(C)CNC(=O)CCNC1(CC(=O)O)CNC1. The quantitative estimate of drug-likeness (QED) is 0.473. The maximum absolute atomic E-state index is 11.5. The fourth-order valence-corrected chi connectivity index (χ4v) is 1.88. The van der Waals surface area contributed by atoms with E-state index in [1.54, 1.807) is 0 Å². The Balaban J connectivity index is 2.19. The minimum atomic E-state index is -0.812. The van der Waals surface area contributed by atoms with Gasteiger partial charge < -0.3 is 21.1 Å². The van der Waals surface area contributed by atoms with Crippen LogP contribution in [0.1, 0.15) is 26.7 Å². The van der Waals surface area contributed by atoms with E-state index in [4.69, 9.17) is 5.11 Å². The number of carboxylic acid groups (broad SMARTS) is 1. The van der Waals surface area contributed by atoms with Crippen LogP contribution in [0.4, 0.5) is 0 Å². The third kappa shape index (κ3) is 5.01. The van der Waals surface area contributed by atoms with E-state index in [0.29, 0.717) is 38.5 Å². The van der Waals surface area contributed by atoms with Gasteiger partial charge >= 0.3 is 5.97 Å². The minimum Gasteiger partial charge on any atom is -0.481 e. The summed E-state index contributed by atoms with van der Waals surface area (Å²) in [4.78, 5) is 22.2. The molecule has 1 rings (SSSR count). The Morgan fingerprint density at radius 2 is 2.06 bits per heavy atom. The van der Waals surface area contributed by atoms with Gasteiger partial charge in [0, 0.05) is 32.6 Å². The molecule has 1 aliphatic heterocycles.